The Labute approximate surface area is 158 Å². The summed E-state index contributed by atoms with van der Waals surface area (Å²) < 4.78 is 29.2. The molecule has 0 saturated heterocycles. The highest BCUT2D eigenvalue weighted by atomic mass is 35.5. The molecular formula is C19H20ClNO4S. The summed E-state index contributed by atoms with van der Waals surface area (Å²) in [6.45, 7) is 0.798. The maximum Gasteiger partial charge on any atom is 0.227 e. The maximum atomic E-state index is 12.7. The number of rotatable bonds is 5. The molecule has 0 fully saturated rings. The first kappa shape index (κ1) is 18.7. The van der Waals surface area contributed by atoms with Crippen molar-refractivity contribution in [2.24, 2.45) is 0 Å². The summed E-state index contributed by atoms with van der Waals surface area (Å²) in [5, 5.41) is 0.703. The lowest BCUT2D eigenvalue weighted by molar-refractivity contribution is -0.119. The van der Waals surface area contributed by atoms with Gasteiger partial charge in [0.1, 0.15) is 12.4 Å². The number of hydrogen-bond acceptors (Lipinski definition) is 4. The van der Waals surface area contributed by atoms with Gasteiger partial charge >= 0.3 is 0 Å². The summed E-state index contributed by atoms with van der Waals surface area (Å²) in [6.07, 6.45) is 2.88. The fourth-order valence-electron chi connectivity index (χ4n) is 2.95. The Morgan fingerprint density at radius 2 is 2.00 bits per heavy atom. The van der Waals surface area contributed by atoms with Crippen molar-refractivity contribution in [2.45, 2.75) is 24.2 Å². The van der Waals surface area contributed by atoms with E-state index in [2.05, 4.69) is 0 Å². The van der Waals surface area contributed by atoms with Crippen molar-refractivity contribution >= 4 is 33.0 Å². The minimum atomic E-state index is -3.35. The van der Waals surface area contributed by atoms with Gasteiger partial charge in [-0.15, -0.1) is 0 Å². The van der Waals surface area contributed by atoms with Crippen LogP contribution < -0.4 is 9.64 Å². The molecule has 1 aliphatic rings. The number of nitrogens with zero attached hydrogens (tertiary/aromatic N) is 1. The van der Waals surface area contributed by atoms with E-state index in [1.54, 1.807) is 11.0 Å². The Balaban J connectivity index is 1.72. The first-order chi connectivity index (χ1) is 12.4. The standard InChI is InChI=1S/C19H20ClNO4S/c1-26(23,24)15-9-10-18-17(13-15)21(11-12-25-18)19(22)8-4-6-14-5-2-3-7-16(14)20/h2-3,5,7,9-10,13H,4,6,8,11-12H2,1H3. The van der Waals surface area contributed by atoms with Gasteiger partial charge < -0.3 is 9.64 Å². The Bertz CT molecular complexity index is 927. The van der Waals surface area contributed by atoms with E-state index >= 15 is 0 Å². The number of halogens is 1. The van der Waals surface area contributed by atoms with Gasteiger partial charge in [0.2, 0.25) is 5.91 Å². The molecule has 0 spiro atoms. The zero-order valence-corrected chi connectivity index (χ0v) is 16.0. The molecule has 0 radical (unpaired) electrons. The van der Waals surface area contributed by atoms with Crippen molar-refractivity contribution < 1.29 is 17.9 Å². The molecular weight excluding hydrogens is 374 g/mol. The van der Waals surface area contributed by atoms with Gasteiger partial charge in [-0.1, -0.05) is 29.8 Å². The van der Waals surface area contributed by atoms with Crippen LogP contribution in [0.25, 0.3) is 0 Å². The lowest BCUT2D eigenvalue weighted by Gasteiger charge is -2.30. The molecule has 0 unspecified atom stereocenters. The van der Waals surface area contributed by atoms with Gasteiger partial charge in [-0.3, -0.25) is 4.79 Å². The number of aryl methyl sites for hydroxylation is 1. The molecule has 0 atom stereocenters. The number of fused-ring (bicyclic) bond motifs is 1. The molecule has 3 rings (SSSR count). The van der Waals surface area contributed by atoms with E-state index in [1.807, 2.05) is 24.3 Å². The van der Waals surface area contributed by atoms with Gasteiger partial charge in [0.15, 0.2) is 9.84 Å². The van der Waals surface area contributed by atoms with Gasteiger partial charge in [0.05, 0.1) is 17.1 Å². The van der Waals surface area contributed by atoms with Crippen LogP contribution in [0.4, 0.5) is 5.69 Å². The molecule has 1 aliphatic heterocycles. The molecule has 26 heavy (non-hydrogen) atoms. The van der Waals surface area contributed by atoms with Crippen LogP contribution in [-0.4, -0.2) is 33.7 Å². The average Bonchev–Trinajstić information content (AvgIpc) is 2.61. The van der Waals surface area contributed by atoms with Crippen LogP contribution in [0.2, 0.25) is 5.02 Å². The monoisotopic (exact) mass is 393 g/mol. The molecule has 5 nitrogen and oxygen atoms in total. The van der Waals surface area contributed by atoms with Gasteiger partial charge in [-0.2, -0.15) is 0 Å². The molecule has 0 bridgehead atoms. The third-order valence-corrected chi connectivity index (χ3v) is 5.80. The van der Waals surface area contributed by atoms with Crippen LogP contribution in [-0.2, 0) is 21.1 Å². The summed E-state index contributed by atoms with van der Waals surface area (Å²) >= 11 is 6.15. The topological polar surface area (TPSA) is 63.7 Å². The molecule has 138 valence electrons. The zero-order chi connectivity index (χ0) is 18.7. The number of carbonyl (C=O) groups is 1. The second-order valence-corrected chi connectivity index (χ2v) is 8.66. The highest BCUT2D eigenvalue weighted by Crippen LogP contribution is 2.34. The van der Waals surface area contributed by atoms with E-state index in [-0.39, 0.29) is 10.8 Å². The molecule has 0 N–H and O–H groups in total. The molecule has 0 aliphatic carbocycles. The second-order valence-electron chi connectivity index (χ2n) is 6.24. The number of hydrogen-bond donors (Lipinski definition) is 0. The predicted octanol–water partition coefficient (Wildman–Crippen LogP) is 3.49. The van der Waals surface area contributed by atoms with Gasteiger partial charge in [-0.05, 0) is 42.7 Å². The van der Waals surface area contributed by atoms with Crippen LogP contribution >= 0.6 is 11.6 Å². The van der Waals surface area contributed by atoms with Crippen molar-refractivity contribution in [3.05, 3.63) is 53.1 Å². The smallest absolute Gasteiger partial charge is 0.227 e. The first-order valence-electron chi connectivity index (χ1n) is 8.37. The quantitative estimate of drug-likeness (QED) is 0.780. The molecule has 2 aromatic carbocycles. The number of carbonyl (C=O) groups excluding carboxylic acids is 1. The average molecular weight is 394 g/mol. The van der Waals surface area contributed by atoms with E-state index in [4.69, 9.17) is 16.3 Å². The highest BCUT2D eigenvalue weighted by Gasteiger charge is 2.25. The van der Waals surface area contributed by atoms with Crippen molar-refractivity contribution in [2.75, 3.05) is 24.3 Å². The van der Waals surface area contributed by atoms with Crippen LogP contribution in [0.1, 0.15) is 18.4 Å². The Hall–Kier alpha value is -2.05. The summed E-state index contributed by atoms with van der Waals surface area (Å²) in [6, 6.07) is 12.2. The van der Waals surface area contributed by atoms with E-state index in [0.717, 1.165) is 11.8 Å². The Morgan fingerprint density at radius 1 is 1.23 bits per heavy atom. The Kier molecular flexibility index (Phi) is 5.53. The minimum absolute atomic E-state index is 0.0488. The van der Waals surface area contributed by atoms with Gasteiger partial charge in [0, 0.05) is 17.7 Å². The predicted molar refractivity (Wildman–Crippen MR) is 102 cm³/mol. The summed E-state index contributed by atoms with van der Waals surface area (Å²) in [5.74, 6) is 0.482. The van der Waals surface area contributed by atoms with Crippen LogP contribution in [0, 0.1) is 0 Å². The van der Waals surface area contributed by atoms with Crippen LogP contribution in [0.3, 0.4) is 0 Å². The van der Waals surface area contributed by atoms with Gasteiger partial charge in [-0.25, -0.2) is 8.42 Å². The maximum absolute atomic E-state index is 12.7. The van der Waals surface area contributed by atoms with Crippen molar-refractivity contribution in [3.63, 3.8) is 0 Å². The number of amides is 1. The third-order valence-electron chi connectivity index (χ3n) is 4.32. The van der Waals surface area contributed by atoms with Crippen molar-refractivity contribution in [3.8, 4) is 5.75 Å². The van der Waals surface area contributed by atoms with Gasteiger partial charge in [0.25, 0.3) is 0 Å². The van der Waals surface area contributed by atoms with E-state index in [0.29, 0.717) is 48.9 Å². The fourth-order valence-corrected chi connectivity index (χ4v) is 3.82. The van der Waals surface area contributed by atoms with Crippen LogP contribution in [0.15, 0.2) is 47.4 Å². The number of benzene rings is 2. The number of sulfone groups is 1. The van der Waals surface area contributed by atoms with Crippen molar-refractivity contribution in [1.82, 2.24) is 0 Å². The lowest BCUT2D eigenvalue weighted by Crippen LogP contribution is -2.38. The molecule has 0 aromatic heterocycles. The molecule has 0 saturated carbocycles. The molecule has 7 heteroatoms. The summed E-state index contributed by atoms with van der Waals surface area (Å²) in [7, 11) is -3.35. The summed E-state index contributed by atoms with van der Waals surface area (Å²) in [5.41, 5.74) is 1.53. The fraction of sp³-hybridized carbons (Fsp3) is 0.316. The number of ether oxygens (including phenoxy) is 1. The van der Waals surface area contributed by atoms with Crippen LogP contribution in [0.5, 0.6) is 5.75 Å². The highest BCUT2D eigenvalue weighted by molar-refractivity contribution is 7.90. The number of anilines is 1. The first-order valence-corrected chi connectivity index (χ1v) is 10.6. The summed E-state index contributed by atoms with van der Waals surface area (Å²) in [4.78, 5) is 14.5. The second kappa shape index (κ2) is 7.68. The van der Waals surface area contributed by atoms with Crippen molar-refractivity contribution in [1.29, 1.82) is 0 Å². The van der Waals surface area contributed by atoms with E-state index in [1.165, 1.54) is 12.1 Å². The third kappa shape index (κ3) is 4.19. The molecule has 2 aromatic rings. The zero-order valence-electron chi connectivity index (χ0n) is 14.4. The van der Waals surface area contributed by atoms with E-state index < -0.39 is 9.84 Å². The normalized spacial score (nSPS) is 13.8. The Morgan fingerprint density at radius 3 is 2.73 bits per heavy atom. The molecule has 1 heterocycles. The lowest BCUT2D eigenvalue weighted by atomic mass is 10.1. The molecule has 1 amide bonds. The van der Waals surface area contributed by atoms with E-state index in [9.17, 15) is 13.2 Å². The largest absolute Gasteiger partial charge is 0.490 e. The SMILES string of the molecule is CS(=O)(=O)c1ccc2c(c1)N(C(=O)CCCc1ccccc1Cl)CCO2. The minimum Gasteiger partial charge on any atom is -0.490 e.